The van der Waals surface area contributed by atoms with Crippen LogP contribution in [-0.2, 0) is 0 Å². The number of H-pyrrole nitrogens is 1. The molecule has 1 aromatic heterocycles. The summed E-state index contributed by atoms with van der Waals surface area (Å²) in [5, 5.41) is 20.0. The van der Waals surface area contributed by atoms with E-state index >= 15 is 0 Å². The maximum absolute atomic E-state index is 12.6. The standard InChI is InChI=1S/C18H12N4O2S/c23-16-10-9-15(11-5-1-2-6-12(11)16)20-21-22-17(24)13-7-3-4-8-14(13)19-18(22)25/h1-10,23H,(H,19,25). The number of aromatic amines is 1. The van der Waals surface area contributed by atoms with Gasteiger partial charge in [0.1, 0.15) is 5.75 Å². The van der Waals surface area contributed by atoms with Crippen molar-refractivity contribution in [2.24, 2.45) is 10.3 Å². The van der Waals surface area contributed by atoms with Crippen LogP contribution in [0.5, 0.6) is 5.75 Å². The highest BCUT2D eigenvalue weighted by molar-refractivity contribution is 7.71. The van der Waals surface area contributed by atoms with Crippen molar-refractivity contribution in [1.82, 2.24) is 9.66 Å². The van der Waals surface area contributed by atoms with Gasteiger partial charge >= 0.3 is 0 Å². The van der Waals surface area contributed by atoms with Crippen molar-refractivity contribution in [3.05, 3.63) is 75.8 Å². The Morgan fingerprint density at radius 3 is 2.40 bits per heavy atom. The summed E-state index contributed by atoms with van der Waals surface area (Å²) >= 11 is 5.21. The normalized spacial score (nSPS) is 11.5. The number of aromatic hydroxyl groups is 1. The lowest BCUT2D eigenvalue weighted by atomic mass is 10.1. The molecule has 4 rings (SSSR count). The second-order valence-corrected chi connectivity index (χ2v) is 5.82. The molecule has 7 heteroatoms. The Kier molecular flexibility index (Phi) is 3.62. The number of hydrogen-bond donors (Lipinski definition) is 2. The Hall–Kier alpha value is -3.32. The number of phenolic OH excluding ortho intramolecular Hbond substituents is 1. The van der Waals surface area contributed by atoms with Crippen LogP contribution in [0, 0.1) is 4.77 Å². The molecule has 0 radical (unpaired) electrons. The first-order valence-corrected chi connectivity index (χ1v) is 7.93. The minimum atomic E-state index is -0.341. The molecule has 0 unspecified atom stereocenters. The van der Waals surface area contributed by atoms with Gasteiger partial charge in [-0.05, 0) is 36.5 Å². The molecule has 4 aromatic rings. The second-order valence-electron chi connectivity index (χ2n) is 5.43. The van der Waals surface area contributed by atoms with Crippen molar-refractivity contribution in [3.63, 3.8) is 0 Å². The maximum Gasteiger partial charge on any atom is 0.284 e. The van der Waals surface area contributed by atoms with Gasteiger partial charge in [-0.3, -0.25) is 4.79 Å². The molecule has 2 N–H and O–H groups in total. The predicted octanol–water partition coefficient (Wildman–Crippen LogP) is 4.46. The third-order valence-corrected chi connectivity index (χ3v) is 4.18. The van der Waals surface area contributed by atoms with Gasteiger partial charge in [-0.1, -0.05) is 41.6 Å². The quantitative estimate of drug-likeness (QED) is 0.414. The molecular formula is C18H12N4O2S. The van der Waals surface area contributed by atoms with Crippen LogP contribution in [0.3, 0.4) is 0 Å². The average Bonchev–Trinajstić information content (AvgIpc) is 2.63. The minimum absolute atomic E-state index is 0.162. The van der Waals surface area contributed by atoms with E-state index in [1.807, 2.05) is 24.3 Å². The first-order valence-electron chi connectivity index (χ1n) is 7.52. The molecule has 0 aliphatic carbocycles. The summed E-state index contributed by atoms with van der Waals surface area (Å²) in [5.41, 5.74) is 0.841. The zero-order valence-corrected chi connectivity index (χ0v) is 13.7. The number of hydrogen-bond acceptors (Lipinski definition) is 5. The number of aromatic nitrogens is 2. The fourth-order valence-corrected chi connectivity index (χ4v) is 2.91. The third-order valence-electron chi connectivity index (χ3n) is 3.90. The van der Waals surface area contributed by atoms with Crippen molar-refractivity contribution < 1.29 is 5.11 Å². The molecule has 0 atom stereocenters. The van der Waals surface area contributed by atoms with Crippen LogP contribution in [0.2, 0.25) is 0 Å². The van der Waals surface area contributed by atoms with Crippen LogP contribution in [0.15, 0.2) is 75.8 Å². The van der Waals surface area contributed by atoms with Crippen molar-refractivity contribution in [2.45, 2.75) is 0 Å². The van der Waals surface area contributed by atoms with Crippen molar-refractivity contribution in [1.29, 1.82) is 0 Å². The van der Waals surface area contributed by atoms with Gasteiger partial charge in [0, 0.05) is 10.8 Å². The van der Waals surface area contributed by atoms with Gasteiger partial charge in [-0.25, -0.2) is 0 Å². The summed E-state index contributed by atoms with van der Waals surface area (Å²) in [6.07, 6.45) is 0. The number of para-hydroxylation sites is 1. The number of fused-ring (bicyclic) bond motifs is 2. The predicted molar refractivity (Wildman–Crippen MR) is 98.9 cm³/mol. The lowest BCUT2D eigenvalue weighted by Crippen LogP contribution is -2.17. The van der Waals surface area contributed by atoms with E-state index < -0.39 is 0 Å². The molecule has 0 saturated heterocycles. The monoisotopic (exact) mass is 348 g/mol. The Labute approximate surface area is 146 Å². The lowest BCUT2D eigenvalue weighted by Gasteiger charge is -2.04. The summed E-state index contributed by atoms with van der Waals surface area (Å²) in [4.78, 5) is 15.5. The number of phenols is 1. The van der Waals surface area contributed by atoms with E-state index in [2.05, 4.69) is 15.3 Å². The summed E-state index contributed by atoms with van der Waals surface area (Å²) in [7, 11) is 0. The Bertz CT molecular complexity index is 1260. The van der Waals surface area contributed by atoms with E-state index in [0.717, 1.165) is 10.1 Å². The topological polar surface area (TPSA) is 82.7 Å². The Morgan fingerprint density at radius 1 is 0.920 bits per heavy atom. The maximum atomic E-state index is 12.6. The van der Waals surface area contributed by atoms with Crippen LogP contribution in [0.25, 0.3) is 21.7 Å². The molecule has 0 fully saturated rings. The first kappa shape index (κ1) is 15.2. The van der Waals surface area contributed by atoms with Gasteiger partial charge < -0.3 is 10.1 Å². The molecule has 122 valence electrons. The lowest BCUT2D eigenvalue weighted by molar-refractivity contribution is 0.481. The smallest absolute Gasteiger partial charge is 0.284 e. The fraction of sp³-hybridized carbons (Fsp3) is 0. The molecule has 6 nitrogen and oxygen atoms in total. The second kappa shape index (κ2) is 5.95. The number of benzene rings is 3. The number of nitrogens with one attached hydrogen (secondary N) is 1. The van der Waals surface area contributed by atoms with E-state index in [-0.39, 0.29) is 16.1 Å². The molecule has 0 aliphatic rings. The highest BCUT2D eigenvalue weighted by Gasteiger charge is 2.06. The van der Waals surface area contributed by atoms with Crippen LogP contribution >= 0.6 is 12.2 Å². The molecule has 0 aliphatic heterocycles. The van der Waals surface area contributed by atoms with Crippen LogP contribution < -0.4 is 5.56 Å². The number of rotatable bonds is 2. The van der Waals surface area contributed by atoms with Crippen LogP contribution in [-0.4, -0.2) is 14.8 Å². The van der Waals surface area contributed by atoms with E-state index in [1.54, 1.807) is 36.4 Å². The molecule has 0 amide bonds. The van der Waals surface area contributed by atoms with E-state index in [0.29, 0.717) is 22.0 Å². The van der Waals surface area contributed by atoms with Gasteiger partial charge in [-0.15, -0.1) is 5.11 Å². The summed E-state index contributed by atoms with van der Waals surface area (Å²) in [6, 6.07) is 17.5. The zero-order chi connectivity index (χ0) is 17.4. The third kappa shape index (κ3) is 2.60. The van der Waals surface area contributed by atoms with E-state index in [1.165, 1.54) is 0 Å². The van der Waals surface area contributed by atoms with Crippen LogP contribution in [0.4, 0.5) is 5.69 Å². The number of nitrogens with zero attached hydrogens (tertiary/aromatic N) is 3. The minimum Gasteiger partial charge on any atom is -0.507 e. The van der Waals surface area contributed by atoms with Gasteiger partial charge in [-0.2, -0.15) is 4.68 Å². The highest BCUT2D eigenvalue weighted by atomic mass is 32.1. The summed E-state index contributed by atoms with van der Waals surface area (Å²) in [6.45, 7) is 0. The van der Waals surface area contributed by atoms with Crippen molar-refractivity contribution in [3.8, 4) is 5.75 Å². The van der Waals surface area contributed by atoms with Gasteiger partial charge in [0.2, 0.25) is 4.77 Å². The first-order chi connectivity index (χ1) is 12.1. The van der Waals surface area contributed by atoms with Crippen molar-refractivity contribution in [2.75, 3.05) is 0 Å². The van der Waals surface area contributed by atoms with E-state index in [4.69, 9.17) is 12.2 Å². The Morgan fingerprint density at radius 2 is 1.60 bits per heavy atom. The molecule has 0 spiro atoms. The molecule has 0 saturated carbocycles. The molecule has 0 bridgehead atoms. The average molecular weight is 348 g/mol. The largest absolute Gasteiger partial charge is 0.507 e. The molecule has 25 heavy (non-hydrogen) atoms. The van der Waals surface area contributed by atoms with Gasteiger partial charge in [0.15, 0.2) is 0 Å². The summed E-state index contributed by atoms with van der Waals surface area (Å²) < 4.78 is 1.22. The molecular weight excluding hydrogens is 336 g/mol. The van der Waals surface area contributed by atoms with Gasteiger partial charge in [0.05, 0.1) is 16.6 Å². The Balaban J connectivity index is 1.89. The SMILES string of the molecule is O=c1c2ccccc2[nH]c(=S)n1N=Nc1ccc(O)c2ccccc12. The molecule has 1 heterocycles. The van der Waals surface area contributed by atoms with Gasteiger partial charge in [0.25, 0.3) is 5.56 Å². The van der Waals surface area contributed by atoms with E-state index in [9.17, 15) is 9.90 Å². The zero-order valence-electron chi connectivity index (χ0n) is 12.9. The fourth-order valence-electron chi connectivity index (χ4n) is 2.68. The van der Waals surface area contributed by atoms with Crippen LogP contribution in [0.1, 0.15) is 0 Å². The molecule has 3 aromatic carbocycles. The van der Waals surface area contributed by atoms with Crippen molar-refractivity contribution >= 4 is 39.6 Å². The summed E-state index contributed by atoms with van der Waals surface area (Å²) in [5.74, 6) is 0.162. The highest BCUT2D eigenvalue weighted by Crippen LogP contribution is 2.32.